The van der Waals surface area contributed by atoms with Gasteiger partial charge in [0.1, 0.15) is 0 Å². The van der Waals surface area contributed by atoms with Crippen molar-refractivity contribution in [2.45, 2.75) is 31.0 Å². The van der Waals surface area contributed by atoms with Crippen LogP contribution in [0.2, 0.25) is 0 Å². The van der Waals surface area contributed by atoms with Gasteiger partial charge in [0.15, 0.2) is 0 Å². The van der Waals surface area contributed by atoms with E-state index < -0.39 is 4.32 Å². The lowest BCUT2D eigenvalue weighted by molar-refractivity contribution is -0.136. The molecular formula is C10H17BrN2O2. The molecule has 1 rings (SSSR count). The molecule has 1 saturated heterocycles. The zero-order valence-corrected chi connectivity index (χ0v) is 10.7. The van der Waals surface area contributed by atoms with Gasteiger partial charge < -0.3 is 10.6 Å². The zero-order valence-electron chi connectivity index (χ0n) is 9.12. The normalized spacial score (nSPS) is 19.0. The maximum atomic E-state index is 11.9. The third-order valence-corrected chi connectivity index (χ3v) is 3.03. The summed E-state index contributed by atoms with van der Waals surface area (Å²) in [5, 5.41) is 0. The van der Waals surface area contributed by atoms with Crippen molar-refractivity contribution in [3.63, 3.8) is 0 Å². The molecule has 0 aliphatic carbocycles. The molecule has 0 aromatic rings. The number of amides is 2. The standard InChI is InChI=1S/C10H17BrN2O2/c1-10(2,11)9(15)13-5-3-7(4-6-13)8(12)14/h7H,3-6H2,1-2H3,(H2,12,14). The number of carbonyl (C=O) groups excluding carboxylic acids is 2. The molecule has 15 heavy (non-hydrogen) atoms. The molecule has 0 saturated carbocycles. The molecule has 0 spiro atoms. The molecule has 1 fully saturated rings. The van der Waals surface area contributed by atoms with E-state index in [1.807, 2.05) is 13.8 Å². The Balaban J connectivity index is 2.51. The second kappa shape index (κ2) is 4.51. The summed E-state index contributed by atoms with van der Waals surface area (Å²) in [6.07, 6.45) is 1.37. The molecule has 0 aromatic carbocycles. The lowest BCUT2D eigenvalue weighted by Crippen LogP contribution is -2.47. The van der Waals surface area contributed by atoms with Crippen molar-refractivity contribution in [3.05, 3.63) is 0 Å². The van der Waals surface area contributed by atoms with Crippen LogP contribution in [0.15, 0.2) is 0 Å². The van der Waals surface area contributed by atoms with E-state index in [2.05, 4.69) is 15.9 Å². The van der Waals surface area contributed by atoms with Gasteiger partial charge in [-0.05, 0) is 26.7 Å². The third kappa shape index (κ3) is 3.19. The Morgan fingerprint density at radius 1 is 1.33 bits per heavy atom. The topological polar surface area (TPSA) is 63.4 Å². The van der Waals surface area contributed by atoms with Crippen molar-refractivity contribution in [2.75, 3.05) is 13.1 Å². The second-order valence-electron chi connectivity index (χ2n) is 4.44. The summed E-state index contributed by atoms with van der Waals surface area (Å²) in [4.78, 5) is 24.6. The minimum absolute atomic E-state index is 0.0625. The minimum atomic E-state index is -0.521. The Hall–Kier alpha value is -0.580. The van der Waals surface area contributed by atoms with Crippen molar-refractivity contribution in [3.8, 4) is 0 Å². The van der Waals surface area contributed by atoms with Crippen LogP contribution in [0.3, 0.4) is 0 Å². The molecule has 1 aliphatic rings. The number of halogens is 1. The number of nitrogens with two attached hydrogens (primary N) is 1. The molecule has 0 bridgehead atoms. The summed E-state index contributed by atoms with van der Waals surface area (Å²) in [5.41, 5.74) is 5.22. The molecule has 2 amide bonds. The van der Waals surface area contributed by atoms with Gasteiger partial charge in [0.2, 0.25) is 11.8 Å². The highest BCUT2D eigenvalue weighted by Crippen LogP contribution is 2.23. The molecule has 0 unspecified atom stereocenters. The first-order valence-corrected chi connectivity index (χ1v) is 5.89. The van der Waals surface area contributed by atoms with E-state index in [9.17, 15) is 9.59 Å². The molecule has 5 heteroatoms. The first-order valence-electron chi connectivity index (χ1n) is 5.10. The fourth-order valence-corrected chi connectivity index (χ4v) is 1.99. The Bertz CT molecular complexity index is 265. The monoisotopic (exact) mass is 276 g/mol. The largest absolute Gasteiger partial charge is 0.369 e. The summed E-state index contributed by atoms with van der Waals surface area (Å²) < 4.78 is -0.521. The summed E-state index contributed by atoms with van der Waals surface area (Å²) in [7, 11) is 0. The minimum Gasteiger partial charge on any atom is -0.369 e. The molecule has 1 heterocycles. The lowest BCUT2D eigenvalue weighted by atomic mass is 9.95. The van der Waals surface area contributed by atoms with Gasteiger partial charge in [0.25, 0.3) is 0 Å². The van der Waals surface area contributed by atoms with E-state index in [-0.39, 0.29) is 17.7 Å². The van der Waals surface area contributed by atoms with Crippen LogP contribution in [-0.2, 0) is 9.59 Å². The average Bonchev–Trinajstić information content (AvgIpc) is 2.15. The van der Waals surface area contributed by atoms with Crippen molar-refractivity contribution in [1.82, 2.24) is 4.90 Å². The summed E-state index contributed by atoms with van der Waals surface area (Å²) in [6.45, 7) is 4.91. The third-order valence-electron chi connectivity index (χ3n) is 2.69. The van der Waals surface area contributed by atoms with Gasteiger partial charge in [-0.3, -0.25) is 9.59 Å². The number of nitrogens with zero attached hydrogens (tertiary/aromatic N) is 1. The SMILES string of the molecule is CC(C)(Br)C(=O)N1CCC(C(N)=O)CC1. The van der Waals surface area contributed by atoms with Crippen LogP contribution in [0.25, 0.3) is 0 Å². The number of primary amides is 1. The van der Waals surface area contributed by atoms with E-state index in [4.69, 9.17) is 5.73 Å². The highest BCUT2D eigenvalue weighted by atomic mass is 79.9. The summed E-state index contributed by atoms with van der Waals surface area (Å²) in [6, 6.07) is 0. The van der Waals surface area contributed by atoms with E-state index in [0.29, 0.717) is 25.9 Å². The van der Waals surface area contributed by atoms with Crippen molar-refractivity contribution in [2.24, 2.45) is 11.7 Å². The van der Waals surface area contributed by atoms with Crippen LogP contribution in [0.5, 0.6) is 0 Å². The first-order chi connectivity index (χ1) is 6.82. The van der Waals surface area contributed by atoms with E-state index in [0.717, 1.165) is 0 Å². The first kappa shape index (κ1) is 12.5. The highest BCUT2D eigenvalue weighted by molar-refractivity contribution is 9.10. The van der Waals surface area contributed by atoms with Crippen LogP contribution in [0, 0.1) is 5.92 Å². The number of hydrogen-bond donors (Lipinski definition) is 1. The Morgan fingerprint density at radius 2 is 1.80 bits per heavy atom. The number of piperidine rings is 1. The maximum absolute atomic E-state index is 11.9. The summed E-state index contributed by atoms with van der Waals surface area (Å²) in [5.74, 6) is -0.238. The molecule has 0 aromatic heterocycles. The average molecular weight is 277 g/mol. The molecule has 4 nitrogen and oxygen atoms in total. The number of alkyl halides is 1. The quantitative estimate of drug-likeness (QED) is 0.762. The molecule has 0 radical (unpaired) electrons. The van der Waals surface area contributed by atoms with E-state index in [1.165, 1.54) is 0 Å². The molecular weight excluding hydrogens is 260 g/mol. The van der Waals surface area contributed by atoms with Gasteiger partial charge in [-0.2, -0.15) is 0 Å². The Kier molecular flexibility index (Phi) is 3.76. The van der Waals surface area contributed by atoms with Gasteiger partial charge in [-0.1, -0.05) is 15.9 Å². The number of hydrogen-bond acceptors (Lipinski definition) is 2. The van der Waals surface area contributed by atoms with Gasteiger partial charge >= 0.3 is 0 Å². The predicted octanol–water partition coefficient (Wildman–Crippen LogP) is 0.884. The summed E-state index contributed by atoms with van der Waals surface area (Å²) >= 11 is 3.34. The van der Waals surface area contributed by atoms with Crippen LogP contribution in [0.4, 0.5) is 0 Å². The Labute approximate surface area is 98.3 Å². The second-order valence-corrected chi connectivity index (χ2v) is 6.42. The van der Waals surface area contributed by atoms with Crippen molar-refractivity contribution in [1.29, 1.82) is 0 Å². The molecule has 0 atom stereocenters. The van der Waals surface area contributed by atoms with Gasteiger partial charge in [-0.25, -0.2) is 0 Å². The van der Waals surface area contributed by atoms with Crippen LogP contribution >= 0.6 is 15.9 Å². The fraction of sp³-hybridized carbons (Fsp3) is 0.800. The fourth-order valence-electron chi connectivity index (χ4n) is 1.74. The van der Waals surface area contributed by atoms with E-state index in [1.54, 1.807) is 4.90 Å². The zero-order chi connectivity index (χ0) is 11.6. The highest BCUT2D eigenvalue weighted by Gasteiger charge is 2.32. The molecule has 86 valence electrons. The smallest absolute Gasteiger partial charge is 0.238 e. The van der Waals surface area contributed by atoms with Crippen LogP contribution in [-0.4, -0.2) is 34.1 Å². The molecule has 2 N–H and O–H groups in total. The van der Waals surface area contributed by atoms with Gasteiger partial charge in [-0.15, -0.1) is 0 Å². The predicted molar refractivity (Wildman–Crippen MR) is 61.5 cm³/mol. The van der Waals surface area contributed by atoms with Crippen LogP contribution in [0.1, 0.15) is 26.7 Å². The molecule has 1 aliphatic heterocycles. The number of carbonyl (C=O) groups is 2. The lowest BCUT2D eigenvalue weighted by Gasteiger charge is -2.34. The number of likely N-dealkylation sites (tertiary alicyclic amines) is 1. The van der Waals surface area contributed by atoms with Crippen molar-refractivity contribution >= 4 is 27.7 Å². The van der Waals surface area contributed by atoms with Gasteiger partial charge in [0.05, 0.1) is 4.32 Å². The Morgan fingerprint density at radius 3 is 2.13 bits per heavy atom. The van der Waals surface area contributed by atoms with E-state index >= 15 is 0 Å². The maximum Gasteiger partial charge on any atom is 0.238 e. The van der Waals surface area contributed by atoms with Gasteiger partial charge in [0, 0.05) is 19.0 Å². The van der Waals surface area contributed by atoms with Crippen molar-refractivity contribution < 1.29 is 9.59 Å². The van der Waals surface area contributed by atoms with Crippen LogP contribution < -0.4 is 5.73 Å². The number of rotatable bonds is 2.